The maximum absolute atomic E-state index is 5.87. The first-order valence-corrected chi connectivity index (χ1v) is 6.58. The Hall–Kier alpha value is -1.68. The van der Waals surface area contributed by atoms with E-state index in [1.165, 1.54) is 0 Å². The molecule has 1 aromatic carbocycles. The summed E-state index contributed by atoms with van der Waals surface area (Å²) in [5.74, 6) is 1.36. The van der Waals surface area contributed by atoms with E-state index in [0.717, 1.165) is 5.56 Å². The summed E-state index contributed by atoms with van der Waals surface area (Å²) in [5.41, 5.74) is 6.76. The lowest BCUT2D eigenvalue weighted by atomic mass is 9.84. The third-order valence-corrected chi connectivity index (χ3v) is 3.67. The van der Waals surface area contributed by atoms with E-state index >= 15 is 0 Å². The van der Waals surface area contributed by atoms with E-state index in [9.17, 15) is 0 Å². The number of benzene rings is 1. The van der Waals surface area contributed by atoms with Gasteiger partial charge in [0.1, 0.15) is 0 Å². The van der Waals surface area contributed by atoms with Gasteiger partial charge in [-0.05, 0) is 26.3 Å². The standard InChI is InChI=1S/C15H21N3O/c1-10(11(2)16)13-17-14(18-19-13)15(3,4)12-8-6-5-7-9-12/h5-11H,16H2,1-4H3. The van der Waals surface area contributed by atoms with Crippen molar-refractivity contribution >= 4 is 0 Å². The Morgan fingerprint density at radius 3 is 2.37 bits per heavy atom. The van der Waals surface area contributed by atoms with Gasteiger partial charge >= 0.3 is 0 Å². The van der Waals surface area contributed by atoms with Gasteiger partial charge in [0, 0.05) is 6.04 Å². The lowest BCUT2D eigenvalue weighted by molar-refractivity contribution is 0.338. The van der Waals surface area contributed by atoms with Crippen molar-refractivity contribution in [3.63, 3.8) is 0 Å². The second-order valence-electron chi connectivity index (χ2n) is 5.60. The zero-order valence-corrected chi connectivity index (χ0v) is 11.9. The summed E-state index contributed by atoms with van der Waals surface area (Å²) in [6, 6.07) is 10.2. The smallest absolute Gasteiger partial charge is 0.231 e. The average molecular weight is 259 g/mol. The van der Waals surface area contributed by atoms with Crippen molar-refractivity contribution in [2.75, 3.05) is 0 Å². The Kier molecular flexibility index (Phi) is 3.71. The number of hydrogen-bond acceptors (Lipinski definition) is 4. The van der Waals surface area contributed by atoms with Crippen LogP contribution in [0.3, 0.4) is 0 Å². The van der Waals surface area contributed by atoms with Crippen LogP contribution < -0.4 is 5.73 Å². The predicted octanol–water partition coefficient (Wildman–Crippen LogP) is 2.85. The summed E-state index contributed by atoms with van der Waals surface area (Å²) in [6.07, 6.45) is 0. The summed E-state index contributed by atoms with van der Waals surface area (Å²) in [4.78, 5) is 4.52. The predicted molar refractivity (Wildman–Crippen MR) is 74.9 cm³/mol. The Bertz CT molecular complexity index is 531. The molecule has 0 amide bonds. The Balaban J connectivity index is 2.32. The number of nitrogens with two attached hydrogens (primary N) is 1. The molecule has 0 aliphatic rings. The third-order valence-electron chi connectivity index (χ3n) is 3.67. The van der Waals surface area contributed by atoms with Crippen molar-refractivity contribution in [2.45, 2.75) is 45.1 Å². The highest BCUT2D eigenvalue weighted by molar-refractivity contribution is 5.30. The molecule has 1 heterocycles. The molecule has 0 bridgehead atoms. The minimum atomic E-state index is -0.277. The van der Waals surface area contributed by atoms with Gasteiger partial charge in [-0.1, -0.05) is 42.4 Å². The van der Waals surface area contributed by atoms with Crippen LogP contribution in [-0.2, 0) is 5.41 Å². The number of nitrogens with zero attached hydrogens (tertiary/aromatic N) is 2. The second kappa shape index (κ2) is 5.13. The van der Waals surface area contributed by atoms with Crippen LogP contribution in [0.25, 0.3) is 0 Å². The molecule has 4 heteroatoms. The monoisotopic (exact) mass is 259 g/mol. The highest BCUT2D eigenvalue weighted by atomic mass is 16.5. The average Bonchev–Trinajstić information content (AvgIpc) is 2.89. The molecule has 0 saturated heterocycles. The summed E-state index contributed by atoms with van der Waals surface area (Å²) in [5, 5.41) is 4.13. The fraction of sp³-hybridized carbons (Fsp3) is 0.467. The second-order valence-corrected chi connectivity index (χ2v) is 5.60. The maximum Gasteiger partial charge on any atom is 0.231 e. The fourth-order valence-electron chi connectivity index (χ4n) is 1.88. The molecule has 102 valence electrons. The first-order valence-electron chi connectivity index (χ1n) is 6.58. The summed E-state index contributed by atoms with van der Waals surface area (Å²) >= 11 is 0. The summed E-state index contributed by atoms with van der Waals surface area (Å²) in [7, 11) is 0. The van der Waals surface area contributed by atoms with Crippen LogP contribution in [-0.4, -0.2) is 16.2 Å². The van der Waals surface area contributed by atoms with Crippen molar-refractivity contribution in [2.24, 2.45) is 5.73 Å². The van der Waals surface area contributed by atoms with Crippen molar-refractivity contribution in [1.29, 1.82) is 0 Å². The molecule has 0 fully saturated rings. The van der Waals surface area contributed by atoms with Crippen molar-refractivity contribution in [3.8, 4) is 0 Å². The van der Waals surface area contributed by atoms with Gasteiger partial charge in [-0.15, -0.1) is 0 Å². The van der Waals surface area contributed by atoms with Gasteiger partial charge < -0.3 is 10.3 Å². The van der Waals surface area contributed by atoms with Gasteiger partial charge in [0.15, 0.2) is 5.82 Å². The topological polar surface area (TPSA) is 64.9 Å². The van der Waals surface area contributed by atoms with Crippen LogP contribution in [0.1, 0.15) is 50.9 Å². The number of rotatable bonds is 4. The first-order chi connectivity index (χ1) is 8.93. The van der Waals surface area contributed by atoms with E-state index < -0.39 is 0 Å². The molecule has 2 atom stereocenters. The number of aromatic nitrogens is 2. The summed E-state index contributed by atoms with van der Waals surface area (Å²) in [6.45, 7) is 8.12. The minimum Gasteiger partial charge on any atom is -0.339 e. The van der Waals surface area contributed by atoms with E-state index in [2.05, 4.69) is 36.1 Å². The van der Waals surface area contributed by atoms with Crippen molar-refractivity contribution < 1.29 is 4.52 Å². The third kappa shape index (κ3) is 2.68. The Morgan fingerprint density at radius 1 is 1.16 bits per heavy atom. The van der Waals surface area contributed by atoms with Crippen molar-refractivity contribution in [1.82, 2.24) is 10.1 Å². The molecular formula is C15H21N3O. The molecule has 1 aromatic heterocycles. The molecule has 0 aliphatic heterocycles. The van der Waals surface area contributed by atoms with Gasteiger partial charge in [0.2, 0.25) is 5.89 Å². The van der Waals surface area contributed by atoms with Gasteiger partial charge in [0.25, 0.3) is 0 Å². The maximum atomic E-state index is 5.87. The van der Waals surface area contributed by atoms with E-state index in [0.29, 0.717) is 11.7 Å². The first kappa shape index (κ1) is 13.7. The van der Waals surface area contributed by atoms with Crippen LogP contribution in [0, 0.1) is 0 Å². The normalized spacial score (nSPS) is 15.2. The molecule has 2 rings (SSSR count). The van der Waals surface area contributed by atoms with Crippen molar-refractivity contribution in [3.05, 3.63) is 47.6 Å². The molecule has 2 aromatic rings. The zero-order valence-electron chi connectivity index (χ0n) is 11.9. The van der Waals surface area contributed by atoms with Crippen LogP contribution in [0.4, 0.5) is 0 Å². The quantitative estimate of drug-likeness (QED) is 0.917. The van der Waals surface area contributed by atoms with Crippen LogP contribution in [0.2, 0.25) is 0 Å². The highest BCUT2D eigenvalue weighted by Gasteiger charge is 2.30. The zero-order chi connectivity index (χ0) is 14.0. The molecular weight excluding hydrogens is 238 g/mol. The molecule has 0 spiro atoms. The van der Waals surface area contributed by atoms with E-state index in [4.69, 9.17) is 10.3 Å². The van der Waals surface area contributed by atoms with Gasteiger partial charge in [0.05, 0.1) is 11.3 Å². The molecule has 0 saturated carbocycles. The van der Waals surface area contributed by atoms with Gasteiger partial charge in [-0.2, -0.15) is 4.98 Å². The van der Waals surface area contributed by atoms with Crippen LogP contribution in [0.5, 0.6) is 0 Å². The lowest BCUT2D eigenvalue weighted by Crippen LogP contribution is -2.23. The molecule has 2 N–H and O–H groups in total. The molecule has 0 radical (unpaired) electrons. The highest BCUT2D eigenvalue weighted by Crippen LogP contribution is 2.30. The van der Waals surface area contributed by atoms with Crippen LogP contribution >= 0.6 is 0 Å². The molecule has 4 nitrogen and oxygen atoms in total. The minimum absolute atomic E-state index is 0.00635. The Morgan fingerprint density at radius 2 is 1.79 bits per heavy atom. The molecule has 19 heavy (non-hydrogen) atoms. The largest absolute Gasteiger partial charge is 0.339 e. The van der Waals surface area contributed by atoms with E-state index in [-0.39, 0.29) is 17.4 Å². The van der Waals surface area contributed by atoms with E-state index in [1.807, 2.05) is 32.0 Å². The SMILES string of the molecule is CC(N)C(C)c1nc(C(C)(C)c2ccccc2)no1. The molecule has 2 unspecified atom stereocenters. The fourth-order valence-corrected chi connectivity index (χ4v) is 1.88. The molecule has 0 aliphatic carbocycles. The van der Waals surface area contributed by atoms with Gasteiger partial charge in [-0.3, -0.25) is 0 Å². The van der Waals surface area contributed by atoms with E-state index in [1.54, 1.807) is 0 Å². The lowest BCUT2D eigenvalue weighted by Gasteiger charge is -2.20. The van der Waals surface area contributed by atoms with Crippen LogP contribution in [0.15, 0.2) is 34.9 Å². The number of hydrogen-bond donors (Lipinski definition) is 1. The summed E-state index contributed by atoms with van der Waals surface area (Å²) < 4.78 is 5.35. The van der Waals surface area contributed by atoms with Gasteiger partial charge in [-0.25, -0.2) is 0 Å². The Labute approximate surface area is 114 Å².